The predicted octanol–water partition coefficient (Wildman–Crippen LogP) is 2.88. The lowest BCUT2D eigenvalue weighted by atomic mass is 10.1. The van der Waals surface area contributed by atoms with Gasteiger partial charge in [-0.2, -0.15) is 11.8 Å². The highest BCUT2D eigenvalue weighted by Gasteiger charge is 2.15. The van der Waals surface area contributed by atoms with E-state index >= 15 is 0 Å². The maximum atomic E-state index is 10.9. The van der Waals surface area contributed by atoms with Crippen molar-refractivity contribution >= 4 is 35.2 Å². The average Bonchev–Trinajstić information content (AvgIpc) is 2.44. The Morgan fingerprint density at radius 2 is 2.24 bits per heavy atom. The fourth-order valence-corrected chi connectivity index (χ4v) is 2.57. The van der Waals surface area contributed by atoms with Crippen LogP contribution in [0.4, 0.5) is 11.4 Å². The molecular weight excluding hydrogens is 292 g/mol. The number of rotatable bonds is 7. The number of aliphatic carboxylic acids is 1. The van der Waals surface area contributed by atoms with Gasteiger partial charge in [-0.05, 0) is 25.3 Å². The number of nitrogens with zero attached hydrogens (tertiary/aromatic N) is 2. The van der Waals surface area contributed by atoms with Crippen LogP contribution in [0.5, 0.6) is 0 Å². The lowest BCUT2D eigenvalue weighted by molar-refractivity contribution is -0.384. The first kappa shape index (κ1) is 17.0. The summed E-state index contributed by atoms with van der Waals surface area (Å²) < 4.78 is 0. The van der Waals surface area contributed by atoms with Crippen LogP contribution >= 0.6 is 11.8 Å². The maximum absolute atomic E-state index is 10.9. The van der Waals surface area contributed by atoms with Gasteiger partial charge in [-0.25, -0.2) is 4.79 Å². The molecule has 0 heterocycles. The van der Waals surface area contributed by atoms with Gasteiger partial charge >= 0.3 is 5.97 Å². The van der Waals surface area contributed by atoms with Crippen molar-refractivity contribution in [3.8, 4) is 0 Å². The molecule has 0 saturated heterocycles. The third-order valence-corrected chi connectivity index (χ3v) is 3.89. The second kappa shape index (κ2) is 7.68. The van der Waals surface area contributed by atoms with Crippen molar-refractivity contribution in [3.05, 3.63) is 40.0 Å². The van der Waals surface area contributed by atoms with Gasteiger partial charge in [0.25, 0.3) is 5.69 Å². The van der Waals surface area contributed by atoms with E-state index in [0.717, 1.165) is 17.5 Å². The van der Waals surface area contributed by atoms with Gasteiger partial charge < -0.3 is 10.0 Å². The number of carboxylic acids is 1. The van der Waals surface area contributed by atoms with Gasteiger partial charge in [-0.1, -0.05) is 0 Å². The summed E-state index contributed by atoms with van der Waals surface area (Å²) in [5.41, 5.74) is 1.22. The number of hydrogen-bond acceptors (Lipinski definition) is 5. The first-order valence-electron chi connectivity index (χ1n) is 6.28. The third kappa shape index (κ3) is 4.78. The van der Waals surface area contributed by atoms with Crippen molar-refractivity contribution in [2.24, 2.45) is 0 Å². The second-order valence-corrected chi connectivity index (χ2v) is 5.50. The van der Waals surface area contributed by atoms with Crippen molar-refractivity contribution in [2.75, 3.05) is 24.0 Å². The minimum Gasteiger partial charge on any atom is -0.478 e. The van der Waals surface area contributed by atoms with Crippen LogP contribution in [-0.4, -0.2) is 41.1 Å². The van der Waals surface area contributed by atoms with Crippen molar-refractivity contribution in [2.45, 2.75) is 13.0 Å². The molecule has 1 unspecified atom stereocenters. The molecule has 0 saturated carbocycles. The van der Waals surface area contributed by atoms with Gasteiger partial charge in [0.05, 0.1) is 4.92 Å². The van der Waals surface area contributed by atoms with Crippen molar-refractivity contribution in [3.63, 3.8) is 0 Å². The number of anilines is 1. The molecule has 1 rings (SSSR count). The monoisotopic (exact) mass is 310 g/mol. The van der Waals surface area contributed by atoms with E-state index in [1.807, 2.05) is 25.1 Å². The Balaban J connectivity index is 3.23. The Morgan fingerprint density at radius 1 is 1.57 bits per heavy atom. The molecule has 0 amide bonds. The fourth-order valence-electron chi connectivity index (χ4n) is 1.86. The number of carboxylic acid groups (broad SMARTS) is 1. The van der Waals surface area contributed by atoms with Crippen molar-refractivity contribution < 1.29 is 14.8 Å². The minimum atomic E-state index is -1.09. The van der Waals surface area contributed by atoms with E-state index in [2.05, 4.69) is 0 Å². The highest BCUT2D eigenvalue weighted by molar-refractivity contribution is 7.98. The largest absolute Gasteiger partial charge is 0.478 e. The Kier molecular flexibility index (Phi) is 6.23. The quantitative estimate of drug-likeness (QED) is 0.473. The maximum Gasteiger partial charge on any atom is 0.328 e. The number of benzene rings is 1. The molecule has 0 aliphatic rings. The van der Waals surface area contributed by atoms with Gasteiger partial charge in [0.1, 0.15) is 0 Å². The smallest absolute Gasteiger partial charge is 0.328 e. The first-order valence-corrected chi connectivity index (χ1v) is 7.67. The summed E-state index contributed by atoms with van der Waals surface area (Å²) in [5.74, 6) is -0.192. The molecule has 1 atom stereocenters. The number of non-ortho nitro benzene ring substituents is 1. The molecule has 0 aliphatic carbocycles. The normalized spacial score (nSPS) is 12.3. The van der Waals surface area contributed by atoms with Gasteiger partial charge in [-0.15, -0.1) is 0 Å². The molecule has 0 bridgehead atoms. The number of nitro groups is 1. The minimum absolute atomic E-state index is 0.0605. The van der Waals surface area contributed by atoms with Crippen LogP contribution in [0.2, 0.25) is 0 Å². The summed E-state index contributed by atoms with van der Waals surface area (Å²) in [6.07, 6.45) is 4.37. The summed E-state index contributed by atoms with van der Waals surface area (Å²) in [6.45, 7) is 2.04. The molecule has 0 aromatic heterocycles. The van der Waals surface area contributed by atoms with E-state index in [0.29, 0.717) is 5.56 Å². The van der Waals surface area contributed by atoms with E-state index in [1.165, 1.54) is 18.2 Å². The van der Waals surface area contributed by atoms with Crippen LogP contribution in [0.25, 0.3) is 6.08 Å². The van der Waals surface area contributed by atoms with Crippen molar-refractivity contribution in [1.82, 2.24) is 0 Å². The molecule has 1 aromatic carbocycles. The van der Waals surface area contributed by atoms with Crippen LogP contribution in [0, 0.1) is 10.1 Å². The van der Waals surface area contributed by atoms with Gasteiger partial charge in [-0.3, -0.25) is 10.1 Å². The topological polar surface area (TPSA) is 83.7 Å². The molecule has 0 radical (unpaired) electrons. The molecule has 0 aliphatic heterocycles. The lowest BCUT2D eigenvalue weighted by Crippen LogP contribution is -2.31. The summed E-state index contributed by atoms with van der Waals surface area (Å²) >= 11 is 1.70. The zero-order valence-corrected chi connectivity index (χ0v) is 13.0. The highest BCUT2D eigenvalue weighted by Crippen LogP contribution is 2.27. The molecule has 6 nitrogen and oxygen atoms in total. The highest BCUT2D eigenvalue weighted by atomic mass is 32.2. The molecule has 114 valence electrons. The molecule has 0 fully saturated rings. The fraction of sp³-hybridized carbons (Fsp3) is 0.357. The summed E-state index contributed by atoms with van der Waals surface area (Å²) in [5, 5.41) is 19.6. The summed E-state index contributed by atoms with van der Waals surface area (Å²) in [4.78, 5) is 23.0. The molecular formula is C14H18N2O4S. The summed E-state index contributed by atoms with van der Waals surface area (Å²) in [6, 6.07) is 4.68. The third-order valence-electron chi connectivity index (χ3n) is 3.08. The average molecular weight is 310 g/mol. The zero-order chi connectivity index (χ0) is 16.0. The van der Waals surface area contributed by atoms with Crippen LogP contribution in [0.1, 0.15) is 12.5 Å². The van der Waals surface area contributed by atoms with Crippen molar-refractivity contribution in [1.29, 1.82) is 0 Å². The number of hydrogen-bond donors (Lipinski definition) is 1. The Hall–Kier alpha value is -2.02. The lowest BCUT2D eigenvalue weighted by Gasteiger charge is -2.28. The van der Waals surface area contributed by atoms with Crippen LogP contribution in [0.15, 0.2) is 24.3 Å². The van der Waals surface area contributed by atoms with E-state index in [9.17, 15) is 14.9 Å². The first-order chi connectivity index (χ1) is 9.86. The Labute approximate surface area is 127 Å². The number of carbonyl (C=O) groups is 1. The SMILES string of the molecule is CSCC(C)N(C)c1ccc([N+](=O)[O-])cc1/C=C/C(=O)O. The van der Waals surface area contributed by atoms with Crippen LogP contribution in [-0.2, 0) is 4.79 Å². The van der Waals surface area contributed by atoms with E-state index < -0.39 is 10.9 Å². The van der Waals surface area contributed by atoms with Crippen LogP contribution in [0.3, 0.4) is 0 Å². The second-order valence-electron chi connectivity index (χ2n) is 4.59. The summed E-state index contributed by atoms with van der Waals surface area (Å²) in [7, 11) is 1.89. The van der Waals surface area contributed by atoms with Gasteiger partial charge in [0.15, 0.2) is 0 Å². The van der Waals surface area contributed by atoms with E-state index in [1.54, 1.807) is 17.8 Å². The van der Waals surface area contributed by atoms with Gasteiger partial charge in [0, 0.05) is 48.3 Å². The number of nitro benzene ring substituents is 1. The molecule has 7 heteroatoms. The van der Waals surface area contributed by atoms with E-state index in [-0.39, 0.29) is 11.7 Å². The standard InChI is InChI=1S/C14H18N2O4S/c1-10(9-21-3)15(2)13-6-5-12(16(19)20)8-11(13)4-7-14(17)18/h4-8,10H,9H2,1-3H3,(H,17,18)/b7-4+. The van der Waals surface area contributed by atoms with Crippen LogP contribution < -0.4 is 4.90 Å². The van der Waals surface area contributed by atoms with E-state index in [4.69, 9.17) is 5.11 Å². The van der Waals surface area contributed by atoms with Gasteiger partial charge in [0.2, 0.25) is 0 Å². The molecule has 1 N–H and O–H groups in total. The number of thioether (sulfide) groups is 1. The Bertz CT molecular complexity index is 560. The molecule has 0 spiro atoms. The molecule has 1 aromatic rings. The Morgan fingerprint density at radius 3 is 2.76 bits per heavy atom. The molecule has 21 heavy (non-hydrogen) atoms. The predicted molar refractivity (Wildman–Crippen MR) is 86.0 cm³/mol. The zero-order valence-electron chi connectivity index (χ0n) is 12.1.